The second-order valence-electron chi connectivity index (χ2n) is 3.40. The van der Waals surface area contributed by atoms with Gasteiger partial charge in [0.1, 0.15) is 0 Å². The Hall–Kier alpha value is -1.29. The number of ether oxygens (including phenoxy) is 1. The van der Waals surface area contributed by atoms with Crippen LogP contribution in [0, 0.1) is 12.7 Å². The molecule has 1 rings (SSSR count). The van der Waals surface area contributed by atoms with Crippen molar-refractivity contribution >= 4 is 0 Å². The van der Waals surface area contributed by atoms with Gasteiger partial charge in [-0.2, -0.15) is 4.39 Å². The molecule has 0 saturated heterocycles. The molecule has 0 aromatic heterocycles. The van der Waals surface area contributed by atoms with Crippen molar-refractivity contribution in [3.05, 3.63) is 23.0 Å². The van der Waals surface area contributed by atoms with E-state index >= 15 is 0 Å². The van der Waals surface area contributed by atoms with Gasteiger partial charge in [-0.15, -0.1) is 0 Å². The predicted molar refractivity (Wildman–Crippen MR) is 57.0 cm³/mol. The van der Waals surface area contributed by atoms with Crippen LogP contribution < -0.4 is 10.1 Å². The van der Waals surface area contributed by atoms with Crippen molar-refractivity contribution in [2.45, 2.75) is 13.3 Å². The second-order valence-corrected chi connectivity index (χ2v) is 3.40. The molecule has 0 unspecified atom stereocenters. The van der Waals surface area contributed by atoms with E-state index in [0.717, 1.165) is 0 Å². The van der Waals surface area contributed by atoms with Gasteiger partial charge in [0.2, 0.25) is 5.82 Å². The number of rotatable bonds is 4. The fraction of sp³-hybridized carbons (Fsp3) is 0.455. The van der Waals surface area contributed by atoms with E-state index in [9.17, 15) is 9.50 Å². The van der Waals surface area contributed by atoms with E-state index in [1.54, 1.807) is 13.0 Å². The number of hydrogen-bond acceptors (Lipinski definition) is 3. The summed E-state index contributed by atoms with van der Waals surface area (Å²) in [5, 5.41) is 12.5. The third-order valence-corrected chi connectivity index (χ3v) is 2.31. The van der Waals surface area contributed by atoms with Gasteiger partial charge < -0.3 is 15.2 Å². The molecule has 0 amide bonds. The highest BCUT2D eigenvalue weighted by atomic mass is 19.1. The molecule has 0 saturated carbocycles. The molecule has 0 fully saturated rings. The molecule has 0 spiro atoms. The van der Waals surface area contributed by atoms with Crippen molar-refractivity contribution in [3.8, 4) is 11.5 Å². The highest BCUT2D eigenvalue weighted by Gasteiger charge is 2.15. The van der Waals surface area contributed by atoms with Gasteiger partial charge in [-0.05, 0) is 44.1 Å². The van der Waals surface area contributed by atoms with E-state index < -0.39 is 5.82 Å². The summed E-state index contributed by atoms with van der Waals surface area (Å²) in [5.41, 5.74) is 1.29. The number of aryl methyl sites for hydroxylation is 1. The monoisotopic (exact) mass is 213 g/mol. The molecule has 1 aromatic carbocycles. The summed E-state index contributed by atoms with van der Waals surface area (Å²) < 4.78 is 18.4. The minimum Gasteiger partial charge on any atom is -0.505 e. The van der Waals surface area contributed by atoms with Gasteiger partial charge in [0, 0.05) is 0 Å². The van der Waals surface area contributed by atoms with Crippen molar-refractivity contribution in [1.82, 2.24) is 5.32 Å². The quantitative estimate of drug-likeness (QED) is 0.798. The van der Waals surface area contributed by atoms with Crippen molar-refractivity contribution in [1.29, 1.82) is 0 Å². The van der Waals surface area contributed by atoms with Crippen LogP contribution in [0.25, 0.3) is 0 Å². The average Bonchev–Trinajstić information content (AvgIpc) is 2.22. The molecular formula is C11H16FNO2. The van der Waals surface area contributed by atoms with Crippen LogP contribution in [0.15, 0.2) is 6.07 Å². The Labute approximate surface area is 88.9 Å². The Morgan fingerprint density at radius 2 is 2.20 bits per heavy atom. The lowest BCUT2D eigenvalue weighted by Crippen LogP contribution is -2.11. The van der Waals surface area contributed by atoms with Crippen LogP contribution in [-0.4, -0.2) is 25.8 Å². The van der Waals surface area contributed by atoms with Crippen LogP contribution in [0.3, 0.4) is 0 Å². The fourth-order valence-corrected chi connectivity index (χ4v) is 1.52. The SMILES string of the molecule is CNCCc1cc(C)c(OC)c(F)c1O. The van der Waals surface area contributed by atoms with Crippen LogP contribution in [0.4, 0.5) is 4.39 Å². The predicted octanol–water partition coefficient (Wildman–Crippen LogP) is 1.61. The minimum atomic E-state index is -0.677. The van der Waals surface area contributed by atoms with E-state index in [2.05, 4.69) is 5.32 Å². The molecule has 4 heteroatoms. The lowest BCUT2D eigenvalue weighted by Gasteiger charge is -2.11. The largest absolute Gasteiger partial charge is 0.505 e. The van der Waals surface area contributed by atoms with Gasteiger partial charge in [0.25, 0.3) is 0 Å². The molecule has 0 atom stereocenters. The average molecular weight is 213 g/mol. The van der Waals surface area contributed by atoms with Crippen LogP contribution in [0.2, 0.25) is 0 Å². The summed E-state index contributed by atoms with van der Waals surface area (Å²) in [6.07, 6.45) is 0.587. The van der Waals surface area contributed by atoms with E-state index in [1.807, 2.05) is 7.05 Å². The van der Waals surface area contributed by atoms with E-state index in [-0.39, 0.29) is 11.5 Å². The first kappa shape index (κ1) is 11.8. The molecule has 0 aliphatic heterocycles. The van der Waals surface area contributed by atoms with Gasteiger partial charge in [-0.1, -0.05) is 0 Å². The Bertz CT molecular complexity index is 353. The number of aromatic hydroxyl groups is 1. The summed E-state index contributed by atoms with van der Waals surface area (Å²) in [6, 6.07) is 1.74. The molecular weight excluding hydrogens is 197 g/mol. The number of halogens is 1. The van der Waals surface area contributed by atoms with Gasteiger partial charge >= 0.3 is 0 Å². The zero-order valence-electron chi connectivity index (χ0n) is 9.22. The number of phenols is 1. The van der Waals surface area contributed by atoms with Crippen molar-refractivity contribution in [2.75, 3.05) is 20.7 Å². The number of nitrogens with one attached hydrogen (secondary N) is 1. The van der Waals surface area contributed by atoms with Gasteiger partial charge in [0.15, 0.2) is 11.5 Å². The van der Waals surface area contributed by atoms with Gasteiger partial charge in [0.05, 0.1) is 7.11 Å². The highest BCUT2D eigenvalue weighted by molar-refractivity contribution is 5.47. The van der Waals surface area contributed by atoms with Crippen molar-refractivity contribution in [2.24, 2.45) is 0 Å². The molecule has 0 heterocycles. The van der Waals surface area contributed by atoms with Crippen LogP contribution >= 0.6 is 0 Å². The Morgan fingerprint density at radius 3 is 2.73 bits per heavy atom. The smallest absolute Gasteiger partial charge is 0.207 e. The van der Waals surface area contributed by atoms with Crippen LogP contribution in [0.1, 0.15) is 11.1 Å². The second kappa shape index (κ2) is 4.98. The number of likely N-dealkylation sites (N-methyl/N-ethyl adjacent to an activating group) is 1. The normalized spacial score (nSPS) is 10.4. The molecule has 0 aliphatic carbocycles. The Balaban J connectivity index is 3.10. The lowest BCUT2D eigenvalue weighted by molar-refractivity contribution is 0.359. The molecule has 0 aliphatic rings. The summed E-state index contributed by atoms with van der Waals surface area (Å²) >= 11 is 0. The summed E-state index contributed by atoms with van der Waals surface area (Å²) in [6.45, 7) is 2.45. The summed E-state index contributed by atoms with van der Waals surface area (Å²) in [5.74, 6) is -0.878. The molecule has 3 nitrogen and oxygen atoms in total. The molecule has 84 valence electrons. The zero-order valence-corrected chi connectivity index (χ0v) is 9.22. The van der Waals surface area contributed by atoms with Gasteiger partial charge in [-0.25, -0.2) is 0 Å². The standard InChI is InChI=1S/C11H16FNO2/c1-7-6-8(4-5-13-2)10(14)9(12)11(7)15-3/h6,13-14H,4-5H2,1-3H3. The first-order valence-corrected chi connectivity index (χ1v) is 4.81. The van der Waals surface area contributed by atoms with Crippen molar-refractivity contribution in [3.63, 3.8) is 0 Å². The molecule has 15 heavy (non-hydrogen) atoms. The Kier molecular flexibility index (Phi) is 3.91. The van der Waals surface area contributed by atoms with E-state index in [4.69, 9.17) is 4.74 Å². The number of methoxy groups -OCH3 is 1. The first-order valence-electron chi connectivity index (χ1n) is 4.81. The molecule has 0 bridgehead atoms. The number of phenolic OH excluding ortho intramolecular Hbond substituents is 1. The maximum atomic E-state index is 13.6. The maximum Gasteiger partial charge on any atom is 0.207 e. The molecule has 1 aromatic rings. The summed E-state index contributed by atoms with van der Waals surface area (Å²) in [4.78, 5) is 0. The third kappa shape index (κ3) is 2.39. The minimum absolute atomic E-state index is 0.112. The highest BCUT2D eigenvalue weighted by Crippen LogP contribution is 2.32. The lowest BCUT2D eigenvalue weighted by atomic mass is 10.1. The first-order chi connectivity index (χ1) is 7.11. The van der Waals surface area contributed by atoms with Gasteiger partial charge in [-0.3, -0.25) is 0 Å². The topological polar surface area (TPSA) is 41.5 Å². The number of benzene rings is 1. The maximum absolute atomic E-state index is 13.6. The number of hydrogen-bond donors (Lipinski definition) is 2. The van der Waals surface area contributed by atoms with Crippen LogP contribution in [0.5, 0.6) is 11.5 Å². The zero-order chi connectivity index (χ0) is 11.4. The summed E-state index contributed by atoms with van der Waals surface area (Å²) in [7, 11) is 3.20. The van der Waals surface area contributed by atoms with Crippen molar-refractivity contribution < 1.29 is 14.2 Å². The van der Waals surface area contributed by atoms with E-state index in [1.165, 1.54) is 7.11 Å². The fourth-order valence-electron chi connectivity index (χ4n) is 1.52. The van der Waals surface area contributed by atoms with E-state index in [0.29, 0.717) is 24.1 Å². The molecule has 0 radical (unpaired) electrons. The van der Waals surface area contributed by atoms with Crippen LogP contribution in [-0.2, 0) is 6.42 Å². The third-order valence-electron chi connectivity index (χ3n) is 2.31. The Morgan fingerprint density at radius 1 is 1.53 bits per heavy atom. The molecule has 2 N–H and O–H groups in total.